The summed E-state index contributed by atoms with van der Waals surface area (Å²) in [5, 5.41) is 0. The van der Waals surface area contributed by atoms with Crippen molar-refractivity contribution in [2.45, 2.75) is 20.0 Å². The number of H-pyrrole nitrogens is 1. The zero-order valence-electron chi connectivity index (χ0n) is 17.8. The molecule has 32 heavy (non-hydrogen) atoms. The van der Waals surface area contributed by atoms with E-state index in [0.717, 1.165) is 28.0 Å². The molecule has 0 atom stereocenters. The Labute approximate surface area is 186 Å². The number of imidazole rings is 2. The lowest BCUT2D eigenvalue weighted by Gasteiger charge is -2.24. The van der Waals surface area contributed by atoms with Crippen molar-refractivity contribution >= 4 is 11.6 Å². The second-order valence-corrected chi connectivity index (χ2v) is 7.74. The zero-order valence-corrected chi connectivity index (χ0v) is 17.8. The van der Waals surface area contributed by atoms with Gasteiger partial charge in [-0.15, -0.1) is 0 Å². The molecule has 1 N–H and O–H groups in total. The highest BCUT2D eigenvalue weighted by Crippen LogP contribution is 2.26. The number of carbonyl (C=O) groups is 1. The lowest BCUT2D eigenvalue weighted by molar-refractivity contribution is 0.0720. The van der Waals surface area contributed by atoms with Gasteiger partial charge in [-0.05, 0) is 35.7 Å². The highest BCUT2D eigenvalue weighted by molar-refractivity contribution is 5.94. The number of rotatable bonds is 6. The molecule has 6 heteroatoms. The SMILES string of the molecule is Cc1nc2ccccn2c1C(=O)N(Cc1cnc[nH]1)Cc1ccccc1-c1ccccc1. The van der Waals surface area contributed by atoms with Crippen molar-refractivity contribution in [3.8, 4) is 11.1 Å². The van der Waals surface area contributed by atoms with Crippen LogP contribution in [0.4, 0.5) is 0 Å². The van der Waals surface area contributed by atoms with Crippen LogP contribution in [0.1, 0.15) is 27.4 Å². The minimum atomic E-state index is -0.0707. The van der Waals surface area contributed by atoms with Crippen molar-refractivity contribution in [1.82, 2.24) is 24.3 Å². The molecule has 0 aliphatic carbocycles. The molecule has 5 rings (SSSR count). The Balaban J connectivity index is 1.56. The lowest BCUT2D eigenvalue weighted by atomic mass is 9.99. The fraction of sp³-hybridized carbons (Fsp3) is 0.115. The summed E-state index contributed by atoms with van der Waals surface area (Å²) in [5.41, 5.74) is 6.26. The van der Waals surface area contributed by atoms with Crippen molar-refractivity contribution in [1.29, 1.82) is 0 Å². The van der Waals surface area contributed by atoms with Gasteiger partial charge in [0, 0.05) is 18.9 Å². The van der Waals surface area contributed by atoms with E-state index in [2.05, 4.69) is 39.2 Å². The number of fused-ring (bicyclic) bond motifs is 1. The maximum atomic E-state index is 13.8. The van der Waals surface area contributed by atoms with Crippen LogP contribution in [-0.2, 0) is 13.1 Å². The zero-order chi connectivity index (χ0) is 21.9. The van der Waals surface area contributed by atoms with Crippen LogP contribution in [0.15, 0.2) is 91.5 Å². The first-order valence-corrected chi connectivity index (χ1v) is 10.5. The van der Waals surface area contributed by atoms with Crippen LogP contribution in [0.5, 0.6) is 0 Å². The largest absolute Gasteiger partial charge is 0.347 e. The van der Waals surface area contributed by atoms with Crippen LogP contribution >= 0.6 is 0 Å². The molecule has 0 spiro atoms. The van der Waals surface area contributed by atoms with E-state index in [0.29, 0.717) is 24.5 Å². The van der Waals surface area contributed by atoms with Gasteiger partial charge in [-0.2, -0.15) is 0 Å². The molecular formula is C26H23N5O. The average Bonchev–Trinajstić information content (AvgIpc) is 3.46. The fourth-order valence-electron chi connectivity index (χ4n) is 4.06. The number of nitrogens with zero attached hydrogens (tertiary/aromatic N) is 4. The van der Waals surface area contributed by atoms with E-state index in [1.807, 2.05) is 71.0 Å². The van der Waals surface area contributed by atoms with E-state index < -0.39 is 0 Å². The standard InChI is InChI=1S/C26H23N5O/c1-19-25(31-14-8-7-13-24(31)29-19)26(32)30(17-22-15-27-18-28-22)16-21-11-5-6-12-23(21)20-9-3-2-4-10-20/h2-15,18H,16-17H2,1H3,(H,27,28). The second-order valence-electron chi connectivity index (χ2n) is 7.74. The first-order chi connectivity index (χ1) is 15.7. The Hall–Kier alpha value is -4.19. The highest BCUT2D eigenvalue weighted by atomic mass is 16.2. The number of aromatic amines is 1. The third-order valence-corrected chi connectivity index (χ3v) is 5.57. The van der Waals surface area contributed by atoms with E-state index in [9.17, 15) is 4.79 Å². The number of pyridine rings is 1. The van der Waals surface area contributed by atoms with Gasteiger partial charge in [0.05, 0.1) is 24.3 Å². The second kappa shape index (κ2) is 8.51. The van der Waals surface area contributed by atoms with E-state index in [1.54, 1.807) is 12.5 Å². The molecule has 3 aromatic heterocycles. The van der Waals surface area contributed by atoms with Gasteiger partial charge in [-0.1, -0.05) is 60.7 Å². The fourth-order valence-corrected chi connectivity index (χ4v) is 4.06. The van der Waals surface area contributed by atoms with Crippen LogP contribution in [0.2, 0.25) is 0 Å². The van der Waals surface area contributed by atoms with Crippen LogP contribution in [-0.4, -0.2) is 30.2 Å². The maximum Gasteiger partial charge on any atom is 0.273 e. The summed E-state index contributed by atoms with van der Waals surface area (Å²) in [5.74, 6) is -0.0707. The van der Waals surface area contributed by atoms with Crippen LogP contribution < -0.4 is 0 Å². The van der Waals surface area contributed by atoms with Gasteiger partial charge in [0.25, 0.3) is 5.91 Å². The normalized spacial score (nSPS) is 11.0. The number of aromatic nitrogens is 4. The third-order valence-electron chi connectivity index (χ3n) is 5.57. The molecular weight excluding hydrogens is 398 g/mol. The molecule has 6 nitrogen and oxygen atoms in total. The van der Waals surface area contributed by atoms with Crippen molar-refractivity contribution in [3.63, 3.8) is 0 Å². The number of amides is 1. The van der Waals surface area contributed by atoms with Gasteiger partial charge in [0.2, 0.25) is 0 Å². The first kappa shape index (κ1) is 19.8. The van der Waals surface area contributed by atoms with Crippen molar-refractivity contribution in [3.05, 3.63) is 114 Å². The van der Waals surface area contributed by atoms with Gasteiger partial charge in [0.1, 0.15) is 11.3 Å². The summed E-state index contributed by atoms with van der Waals surface area (Å²) >= 11 is 0. The molecule has 0 unspecified atom stereocenters. The average molecular weight is 422 g/mol. The number of benzene rings is 2. The van der Waals surface area contributed by atoms with Crippen molar-refractivity contribution in [2.24, 2.45) is 0 Å². The molecule has 3 heterocycles. The molecule has 1 amide bonds. The van der Waals surface area contributed by atoms with Crippen LogP contribution in [0.25, 0.3) is 16.8 Å². The number of hydrogen-bond acceptors (Lipinski definition) is 3. The van der Waals surface area contributed by atoms with Gasteiger partial charge >= 0.3 is 0 Å². The maximum absolute atomic E-state index is 13.8. The Morgan fingerprint density at radius 2 is 1.75 bits per heavy atom. The minimum absolute atomic E-state index is 0.0707. The molecule has 158 valence electrons. The first-order valence-electron chi connectivity index (χ1n) is 10.5. The molecule has 0 saturated heterocycles. The van der Waals surface area contributed by atoms with E-state index >= 15 is 0 Å². The van der Waals surface area contributed by atoms with E-state index in [4.69, 9.17) is 0 Å². The molecule has 0 fully saturated rings. The summed E-state index contributed by atoms with van der Waals surface area (Å²) in [4.78, 5) is 27.5. The Bertz CT molecular complexity index is 1360. The van der Waals surface area contributed by atoms with Gasteiger partial charge in [-0.25, -0.2) is 9.97 Å². The van der Waals surface area contributed by atoms with Crippen molar-refractivity contribution in [2.75, 3.05) is 0 Å². The third kappa shape index (κ3) is 3.78. The summed E-state index contributed by atoms with van der Waals surface area (Å²) in [6, 6.07) is 24.2. The van der Waals surface area contributed by atoms with Crippen molar-refractivity contribution < 1.29 is 4.79 Å². The lowest BCUT2D eigenvalue weighted by Crippen LogP contribution is -2.32. The number of carbonyl (C=O) groups excluding carboxylic acids is 1. The number of nitrogens with one attached hydrogen (secondary N) is 1. The highest BCUT2D eigenvalue weighted by Gasteiger charge is 2.24. The minimum Gasteiger partial charge on any atom is -0.347 e. The molecule has 0 aliphatic rings. The summed E-state index contributed by atoms with van der Waals surface area (Å²) in [6.45, 7) is 2.76. The summed E-state index contributed by atoms with van der Waals surface area (Å²) < 4.78 is 1.86. The predicted octanol–water partition coefficient (Wildman–Crippen LogP) is 4.88. The molecule has 0 bridgehead atoms. The topological polar surface area (TPSA) is 66.3 Å². The molecule has 0 saturated carbocycles. The predicted molar refractivity (Wildman–Crippen MR) is 124 cm³/mol. The van der Waals surface area contributed by atoms with Gasteiger partial charge in [-0.3, -0.25) is 9.20 Å². The molecule has 0 aliphatic heterocycles. The molecule has 2 aromatic carbocycles. The number of hydrogen-bond donors (Lipinski definition) is 1. The Morgan fingerprint density at radius 3 is 2.56 bits per heavy atom. The Morgan fingerprint density at radius 1 is 0.969 bits per heavy atom. The van der Waals surface area contributed by atoms with E-state index in [1.165, 1.54) is 0 Å². The molecule has 5 aromatic rings. The smallest absolute Gasteiger partial charge is 0.273 e. The molecule has 0 radical (unpaired) electrons. The summed E-state index contributed by atoms with van der Waals surface area (Å²) in [6.07, 6.45) is 5.27. The summed E-state index contributed by atoms with van der Waals surface area (Å²) in [7, 11) is 0. The quantitative estimate of drug-likeness (QED) is 0.425. The number of aryl methyl sites for hydroxylation is 1. The Kier molecular flexibility index (Phi) is 5.25. The van der Waals surface area contributed by atoms with Crippen LogP contribution in [0, 0.1) is 6.92 Å². The van der Waals surface area contributed by atoms with E-state index in [-0.39, 0.29) is 5.91 Å². The van der Waals surface area contributed by atoms with Gasteiger partial charge in [0.15, 0.2) is 0 Å². The monoisotopic (exact) mass is 421 g/mol. The van der Waals surface area contributed by atoms with Crippen LogP contribution in [0.3, 0.4) is 0 Å². The van der Waals surface area contributed by atoms with Gasteiger partial charge < -0.3 is 9.88 Å².